The zero-order chi connectivity index (χ0) is 12.7. The summed E-state index contributed by atoms with van der Waals surface area (Å²) in [5.74, 6) is -0.316. The van der Waals surface area contributed by atoms with Crippen molar-refractivity contribution in [3.05, 3.63) is 11.3 Å². The van der Waals surface area contributed by atoms with E-state index in [0.717, 1.165) is 12.8 Å². The van der Waals surface area contributed by atoms with Crippen molar-refractivity contribution in [2.75, 3.05) is 5.73 Å². The average Bonchev–Trinajstić information content (AvgIpc) is 2.67. The monoisotopic (exact) mass is 248 g/mol. The first-order valence-corrected chi connectivity index (χ1v) is 6.38. The summed E-state index contributed by atoms with van der Waals surface area (Å²) in [6.45, 7) is 0. The van der Waals surface area contributed by atoms with E-state index in [1.807, 2.05) is 0 Å². The average molecular weight is 248 g/mol. The molecule has 6 nitrogen and oxygen atoms in total. The Hall–Kier alpha value is -1.85. The number of imide groups is 1. The zero-order valence-corrected chi connectivity index (χ0v) is 10.1. The number of carbonyl (C=O) groups is 2. The van der Waals surface area contributed by atoms with E-state index >= 15 is 0 Å². The Balaban J connectivity index is 2.00. The van der Waals surface area contributed by atoms with Crippen LogP contribution in [0.15, 0.2) is 0 Å². The predicted octanol–water partition coefficient (Wildman–Crippen LogP) is 0.783. The first-order chi connectivity index (χ1) is 8.66. The van der Waals surface area contributed by atoms with Gasteiger partial charge in [0.15, 0.2) is 0 Å². The zero-order valence-electron chi connectivity index (χ0n) is 10.1. The second kappa shape index (κ2) is 4.12. The minimum absolute atomic E-state index is 0.144. The minimum Gasteiger partial charge on any atom is -0.383 e. The lowest BCUT2D eigenvalue weighted by atomic mass is 9.95. The molecule has 2 amide bonds. The molecule has 3 N–H and O–H groups in total. The van der Waals surface area contributed by atoms with Crippen LogP contribution in [0.4, 0.5) is 5.82 Å². The van der Waals surface area contributed by atoms with Gasteiger partial charge in [-0.25, -0.2) is 4.68 Å². The van der Waals surface area contributed by atoms with Gasteiger partial charge in [0.2, 0.25) is 5.91 Å². The van der Waals surface area contributed by atoms with Crippen molar-refractivity contribution < 1.29 is 9.59 Å². The highest BCUT2D eigenvalue weighted by Gasteiger charge is 2.31. The molecule has 0 radical (unpaired) electrons. The van der Waals surface area contributed by atoms with Crippen molar-refractivity contribution in [1.29, 1.82) is 0 Å². The SMILES string of the molecule is Nc1c2c(nn1C1CCCCC1)CC(=O)NC2=O. The first kappa shape index (κ1) is 11.3. The Bertz CT molecular complexity index is 514. The van der Waals surface area contributed by atoms with Crippen LogP contribution in [0.25, 0.3) is 0 Å². The summed E-state index contributed by atoms with van der Waals surface area (Å²) in [5, 5.41) is 6.67. The van der Waals surface area contributed by atoms with Crippen molar-refractivity contribution in [3.8, 4) is 0 Å². The van der Waals surface area contributed by atoms with Crippen molar-refractivity contribution >= 4 is 17.6 Å². The fourth-order valence-corrected chi connectivity index (χ4v) is 2.86. The van der Waals surface area contributed by atoms with Crippen LogP contribution in [0, 0.1) is 0 Å². The molecule has 0 unspecified atom stereocenters. The van der Waals surface area contributed by atoms with Crippen LogP contribution in [-0.4, -0.2) is 21.6 Å². The van der Waals surface area contributed by atoms with E-state index in [-0.39, 0.29) is 18.4 Å². The van der Waals surface area contributed by atoms with Crippen molar-refractivity contribution in [2.24, 2.45) is 0 Å². The van der Waals surface area contributed by atoms with Crippen LogP contribution >= 0.6 is 0 Å². The topological polar surface area (TPSA) is 90.0 Å². The van der Waals surface area contributed by atoms with Crippen LogP contribution in [0.5, 0.6) is 0 Å². The Labute approximate surface area is 105 Å². The number of nitrogens with two attached hydrogens (primary N) is 1. The lowest BCUT2D eigenvalue weighted by Crippen LogP contribution is -2.37. The molecule has 0 atom stereocenters. The van der Waals surface area contributed by atoms with E-state index in [2.05, 4.69) is 10.4 Å². The lowest BCUT2D eigenvalue weighted by Gasteiger charge is -2.22. The van der Waals surface area contributed by atoms with Gasteiger partial charge in [-0.15, -0.1) is 0 Å². The van der Waals surface area contributed by atoms with E-state index < -0.39 is 5.91 Å². The smallest absolute Gasteiger partial charge is 0.263 e. The second-order valence-corrected chi connectivity index (χ2v) is 5.00. The number of nitrogen functional groups attached to an aromatic ring is 1. The summed E-state index contributed by atoms with van der Waals surface area (Å²) < 4.78 is 1.75. The third kappa shape index (κ3) is 1.68. The molecule has 1 saturated carbocycles. The van der Waals surface area contributed by atoms with Gasteiger partial charge in [0, 0.05) is 0 Å². The molecule has 18 heavy (non-hydrogen) atoms. The standard InChI is InChI=1S/C12H16N4O2/c13-11-10-8(6-9(17)14-12(10)18)15-16(11)7-4-2-1-3-5-7/h7H,1-6,13H2,(H,14,17,18). The van der Waals surface area contributed by atoms with E-state index in [4.69, 9.17) is 5.73 Å². The molecule has 0 saturated heterocycles. The number of hydrogen-bond acceptors (Lipinski definition) is 4. The summed E-state index contributed by atoms with van der Waals surface area (Å²) in [7, 11) is 0. The Morgan fingerprint density at radius 1 is 1.22 bits per heavy atom. The van der Waals surface area contributed by atoms with Gasteiger partial charge >= 0.3 is 0 Å². The summed E-state index contributed by atoms with van der Waals surface area (Å²) in [4.78, 5) is 23.1. The first-order valence-electron chi connectivity index (χ1n) is 6.38. The number of amides is 2. The molecular weight excluding hydrogens is 232 g/mol. The molecule has 0 aromatic carbocycles. The summed E-state index contributed by atoms with van der Waals surface area (Å²) in [6, 6.07) is 0.271. The van der Waals surface area contributed by atoms with Crippen LogP contribution in [0.2, 0.25) is 0 Å². The summed E-state index contributed by atoms with van der Waals surface area (Å²) >= 11 is 0. The van der Waals surface area contributed by atoms with Crippen LogP contribution < -0.4 is 11.1 Å². The maximum atomic E-state index is 11.7. The largest absolute Gasteiger partial charge is 0.383 e. The van der Waals surface area contributed by atoms with Crippen LogP contribution in [0.3, 0.4) is 0 Å². The van der Waals surface area contributed by atoms with Crippen molar-refractivity contribution in [2.45, 2.75) is 44.6 Å². The van der Waals surface area contributed by atoms with Crippen LogP contribution in [-0.2, 0) is 11.2 Å². The lowest BCUT2D eigenvalue weighted by molar-refractivity contribution is -0.119. The normalized spacial score (nSPS) is 20.7. The number of fused-ring (bicyclic) bond motifs is 1. The molecular formula is C12H16N4O2. The van der Waals surface area contributed by atoms with Crippen molar-refractivity contribution in [1.82, 2.24) is 15.1 Å². The van der Waals surface area contributed by atoms with Gasteiger partial charge in [-0.3, -0.25) is 14.9 Å². The quantitative estimate of drug-likeness (QED) is 0.719. The Morgan fingerprint density at radius 3 is 2.67 bits per heavy atom. The molecule has 1 fully saturated rings. The second-order valence-electron chi connectivity index (χ2n) is 5.00. The van der Waals surface area contributed by atoms with E-state index in [0.29, 0.717) is 17.1 Å². The van der Waals surface area contributed by atoms with Gasteiger partial charge in [-0.1, -0.05) is 19.3 Å². The molecule has 1 aromatic rings. The highest BCUT2D eigenvalue weighted by atomic mass is 16.2. The van der Waals surface area contributed by atoms with E-state index in [1.54, 1.807) is 4.68 Å². The Kier molecular flexibility index (Phi) is 2.57. The molecule has 0 spiro atoms. The molecule has 1 aliphatic carbocycles. The number of hydrogen-bond donors (Lipinski definition) is 2. The summed E-state index contributed by atoms with van der Waals surface area (Å²) in [5.41, 5.74) is 6.93. The molecule has 96 valence electrons. The molecule has 6 heteroatoms. The number of carbonyl (C=O) groups excluding carboxylic acids is 2. The molecule has 3 rings (SSSR count). The number of nitrogens with zero attached hydrogens (tertiary/aromatic N) is 2. The van der Waals surface area contributed by atoms with E-state index in [1.165, 1.54) is 19.3 Å². The third-order valence-corrected chi connectivity index (χ3v) is 3.75. The number of nitrogens with one attached hydrogen (secondary N) is 1. The highest BCUT2D eigenvalue weighted by Crippen LogP contribution is 2.32. The van der Waals surface area contributed by atoms with Gasteiger partial charge in [-0.05, 0) is 12.8 Å². The fourth-order valence-electron chi connectivity index (χ4n) is 2.86. The molecule has 2 aliphatic rings. The number of rotatable bonds is 1. The molecule has 1 aromatic heterocycles. The molecule has 2 heterocycles. The van der Waals surface area contributed by atoms with Gasteiger partial charge in [0.25, 0.3) is 5.91 Å². The predicted molar refractivity (Wildman–Crippen MR) is 64.9 cm³/mol. The maximum absolute atomic E-state index is 11.7. The minimum atomic E-state index is -0.416. The number of anilines is 1. The van der Waals surface area contributed by atoms with Gasteiger partial charge in [0.1, 0.15) is 11.4 Å². The molecule has 1 aliphatic heterocycles. The van der Waals surface area contributed by atoms with Crippen LogP contribution in [0.1, 0.15) is 54.2 Å². The molecule has 0 bridgehead atoms. The van der Waals surface area contributed by atoms with Gasteiger partial charge in [-0.2, -0.15) is 5.10 Å². The van der Waals surface area contributed by atoms with Gasteiger partial charge in [0.05, 0.1) is 18.2 Å². The van der Waals surface area contributed by atoms with Crippen molar-refractivity contribution in [3.63, 3.8) is 0 Å². The van der Waals surface area contributed by atoms with Gasteiger partial charge < -0.3 is 5.73 Å². The number of aromatic nitrogens is 2. The summed E-state index contributed by atoms with van der Waals surface area (Å²) in [6.07, 6.45) is 5.81. The third-order valence-electron chi connectivity index (χ3n) is 3.75. The maximum Gasteiger partial charge on any atom is 0.263 e. The Morgan fingerprint density at radius 2 is 1.94 bits per heavy atom. The van der Waals surface area contributed by atoms with E-state index in [9.17, 15) is 9.59 Å². The highest BCUT2D eigenvalue weighted by molar-refractivity contribution is 6.11. The fraction of sp³-hybridized carbons (Fsp3) is 0.583.